The van der Waals surface area contributed by atoms with E-state index in [2.05, 4.69) is 20.4 Å². The number of alkyl halides is 3. The lowest BCUT2D eigenvalue weighted by Gasteiger charge is -2.38. The first-order valence-corrected chi connectivity index (χ1v) is 12.1. The van der Waals surface area contributed by atoms with E-state index < -0.39 is 36.0 Å². The van der Waals surface area contributed by atoms with Gasteiger partial charge in [-0.3, -0.25) is 0 Å². The lowest BCUT2D eigenvalue weighted by atomic mass is 9.74. The van der Waals surface area contributed by atoms with Gasteiger partial charge in [-0.2, -0.15) is 18.3 Å². The molecule has 0 spiro atoms. The summed E-state index contributed by atoms with van der Waals surface area (Å²) in [5, 5.41) is 18.2. The summed E-state index contributed by atoms with van der Waals surface area (Å²) in [4.78, 5) is 8.57. The van der Waals surface area contributed by atoms with Gasteiger partial charge in [0.15, 0.2) is 11.2 Å². The van der Waals surface area contributed by atoms with Crippen molar-refractivity contribution >= 4 is 16.9 Å². The summed E-state index contributed by atoms with van der Waals surface area (Å²) in [6.45, 7) is 4.49. The molecule has 2 aromatic heterocycles. The molecule has 2 N–H and O–H groups in total. The number of aromatic nitrogens is 4. The van der Waals surface area contributed by atoms with Gasteiger partial charge in [0.2, 0.25) is 0 Å². The minimum Gasteiger partial charge on any atom is -0.493 e. The van der Waals surface area contributed by atoms with Crippen LogP contribution < -0.4 is 10.1 Å². The average Bonchev–Trinajstić information content (AvgIpc) is 3.49. The van der Waals surface area contributed by atoms with Crippen LogP contribution >= 0.6 is 0 Å². The van der Waals surface area contributed by atoms with Crippen LogP contribution in [0.1, 0.15) is 37.2 Å². The predicted octanol–water partition coefficient (Wildman–Crippen LogP) is 5.27. The van der Waals surface area contributed by atoms with Crippen LogP contribution in [0.15, 0.2) is 48.7 Å². The Kier molecular flexibility index (Phi) is 6.29. The van der Waals surface area contributed by atoms with Gasteiger partial charge < -0.3 is 15.2 Å². The number of anilines is 1. The largest absolute Gasteiger partial charge is 0.493 e. The Hall–Kier alpha value is -3.73. The average molecular weight is 530 g/mol. The Bertz CT molecular complexity index is 1500. The first-order valence-electron chi connectivity index (χ1n) is 12.1. The number of fused-ring (bicyclic) bond motifs is 2. The number of hydrogen-bond donors (Lipinski definition) is 2. The van der Waals surface area contributed by atoms with Crippen LogP contribution in [0.5, 0.6) is 5.75 Å². The number of ether oxygens (including phenoxy) is 1. The monoisotopic (exact) mass is 529 g/mol. The Morgan fingerprint density at radius 3 is 2.58 bits per heavy atom. The summed E-state index contributed by atoms with van der Waals surface area (Å²) in [5.41, 5.74) is -2.27. The van der Waals surface area contributed by atoms with Gasteiger partial charge in [0, 0.05) is 12.0 Å². The van der Waals surface area contributed by atoms with Crippen LogP contribution in [0.4, 0.5) is 23.4 Å². The molecule has 1 atom stereocenters. The molecular formula is C27H27F4N5O2. The van der Waals surface area contributed by atoms with E-state index in [9.17, 15) is 22.7 Å². The van der Waals surface area contributed by atoms with E-state index in [0.717, 1.165) is 5.56 Å². The summed E-state index contributed by atoms with van der Waals surface area (Å²) in [6, 6.07) is 11.4. The van der Waals surface area contributed by atoms with Gasteiger partial charge in [-0.1, -0.05) is 44.2 Å². The molecule has 4 aromatic rings. The molecule has 2 aromatic carbocycles. The number of aliphatic hydroxyl groups is 1. The highest BCUT2D eigenvalue weighted by atomic mass is 19.4. The highest BCUT2D eigenvalue weighted by molar-refractivity contribution is 5.87. The molecule has 1 unspecified atom stereocenters. The minimum absolute atomic E-state index is 0.0551. The van der Waals surface area contributed by atoms with Gasteiger partial charge in [-0.15, -0.1) is 0 Å². The third-order valence-electron chi connectivity index (χ3n) is 6.87. The molecule has 38 heavy (non-hydrogen) atoms. The molecular weight excluding hydrogens is 502 g/mol. The molecule has 0 amide bonds. The van der Waals surface area contributed by atoms with Gasteiger partial charge in [0.05, 0.1) is 24.7 Å². The number of nitrogens with one attached hydrogen (secondary N) is 1. The Morgan fingerprint density at radius 1 is 1.08 bits per heavy atom. The van der Waals surface area contributed by atoms with E-state index in [-0.39, 0.29) is 28.4 Å². The molecule has 1 aliphatic heterocycles. The van der Waals surface area contributed by atoms with Crippen molar-refractivity contribution in [2.45, 2.75) is 50.8 Å². The van der Waals surface area contributed by atoms with E-state index in [1.807, 2.05) is 6.07 Å². The molecule has 0 bridgehead atoms. The zero-order chi connectivity index (χ0) is 27.3. The molecule has 11 heteroatoms. The molecule has 3 heterocycles. The number of aryl methyl sites for hydroxylation is 1. The molecule has 0 saturated carbocycles. The first kappa shape index (κ1) is 25.9. The van der Waals surface area contributed by atoms with Gasteiger partial charge in [0.25, 0.3) is 0 Å². The van der Waals surface area contributed by atoms with E-state index in [1.165, 1.54) is 29.1 Å². The summed E-state index contributed by atoms with van der Waals surface area (Å²) in [6.07, 6.45) is -3.54. The van der Waals surface area contributed by atoms with Gasteiger partial charge >= 0.3 is 6.18 Å². The number of rotatable bonds is 7. The number of halogens is 4. The first-order chi connectivity index (χ1) is 17.9. The molecule has 1 aliphatic rings. The lowest BCUT2D eigenvalue weighted by Crippen LogP contribution is -2.53. The number of benzene rings is 2. The van der Waals surface area contributed by atoms with Crippen molar-refractivity contribution in [3.63, 3.8) is 0 Å². The van der Waals surface area contributed by atoms with Gasteiger partial charge in [-0.25, -0.2) is 19.0 Å². The fourth-order valence-corrected chi connectivity index (χ4v) is 5.02. The van der Waals surface area contributed by atoms with Crippen LogP contribution in [-0.2, 0) is 11.8 Å². The van der Waals surface area contributed by atoms with E-state index in [4.69, 9.17) is 4.74 Å². The molecule has 200 valence electrons. The van der Waals surface area contributed by atoms with Crippen molar-refractivity contribution in [1.82, 2.24) is 19.7 Å². The van der Waals surface area contributed by atoms with Crippen molar-refractivity contribution < 1.29 is 27.4 Å². The van der Waals surface area contributed by atoms with Crippen molar-refractivity contribution in [3.05, 3.63) is 71.4 Å². The normalized spacial score (nSPS) is 15.3. The van der Waals surface area contributed by atoms with Crippen molar-refractivity contribution in [2.24, 2.45) is 0 Å². The van der Waals surface area contributed by atoms with E-state index in [0.29, 0.717) is 24.3 Å². The van der Waals surface area contributed by atoms with Gasteiger partial charge in [-0.05, 0) is 36.5 Å². The van der Waals surface area contributed by atoms with Crippen LogP contribution in [-0.4, -0.2) is 49.8 Å². The maximum atomic E-state index is 14.4. The second-order valence-corrected chi connectivity index (χ2v) is 10.2. The fourth-order valence-electron chi connectivity index (χ4n) is 5.02. The van der Waals surface area contributed by atoms with Gasteiger partial charge in [0.1, 0.15) is 28.9 Å². The van der Waals surface area contributed by atoms with E-state index >= 15 is 0 Å². The molecule has 0 aliphatic carbocycles. The number of para-hydroxylation sites is 2. The summed E-state index contributed by atoms with van der Waals surface area (Å²) in [7, 11) is 0. The van der Waals surface area contributed by atoms with Crippen LogP contribution in [0.25, 0.3) is 16.7 Å². The second kappa shape index (κ2) is 9.23. The minimum atomic E-state index is -4.95. The van der Waals surface area contributed by atoms with E-state index in [1.54, 1.807) is 39.0 Å². The molecule has 5 rings (SSSR count). The Balaban J connectivity index is 1.47. The molecule has 0 radical (unpaired) electrons. The lowest BCUT2D eigenvalue weighted by molar-refractivity contribution is -0.260. The topological polar surface area (TPSA) is 85.1 Å². The highest BCUT2D eigenvalue weighted by Gasteiger charge is 2.56. The zero-order valence-electron chi connectivity index (χ0n) is 21.1. The van der Waals surface area contributed by atoms with Crippen LogP contribution in [0.3, 0.4) is 0 Å². The summed E-state index contributed by atoms with van der Waals surface area (Å²) >= 11 is 0. The SMILES string of the molecule is Cc1nc(NCC(O)(CC(C)(C)c2cccc3c2OCC3)C(F)(F)F)c2cnn(-c3ccccc3F)c2n1. The maximum Gasteiger partial charge on any atom is 0.418 e. The zero-order valence-corrected chi connectivity index (χ0v) is 21.1. The predicted molar refractivity (Wildman–Crippen MR) is 134 cm³/mol. The smallest absolute Gasteiger partial charge is 0.418 e. The second-order valence-electron chi connectivity index (χ2n) is 10.2. The van der Waals surface area contributed by atoms with Crippen LogP contribution in [0, 0.1) is 12.7 Å². The third kappa shape index (κ3) is 4.55. The highest BCUT2D eigenvalue weighted by Crippen LogP contribution is 2.45. The Morgan fingerprint density at radius 2 is 1.84 bits per heavy atom. The Labute approximate surface area is 216 Å². The molecule has 0 fully saturated rings. The summed E-state index contributed by atoms with van der Waals surface area (Å²) < 4.78 is 64.5. The molecule has 0 saturated heterocycles. The standard InChI is InChI=1S/C27H27F4N5O2/c1-16-34-23(18-13-33-36(24(18)35-16)21-10-5-4-9-20(21)28)32-15-26(37,27(29,30)31)14-25(2,3)19-8-6-7-17-11-12-38-22(17)19/h4-10,13,37H,11-12,14-15H2,1-3H3,(H,32,34,35). The molecule has 7 nitrogen and oxygen atoms in total. The van der Waals surface area contributed by atoms with Crippen LogP contribution in [0.2, 0.25) is 0 Å². The van der Waals surface area contributed by atoms with Crippen molar-refractivity contribution in [3.8, 4) is 11.4 Å². The fraction of sp³-hybridized carbons (Fsp3) is 0.370. The summed E-state index contributed by atoms with van der Waals surface area (Å²) in [5.74, 6) is 0.350. The van der Waals surface area contributed by atoms with Crippen molar-refractivity contribution in [1.29, 1.82) is 0 Å². The maximum absolute atomic E-state index is 14.4. The quantitative estimate of drug-likeness (QED) is 0.317. The van der Waals surface area contributed by atoms with Crippen molar-refractivity contribution in [2.75, 3.05) is 18.5 Å². The third-order valence-corrected chi connectivity index (χ3v) is 6.87. The number of hydrogen-bond acceptors (Lipinski definition) is 6. The number of nitrogens with zero attached hydrogens (tertiary/aromatic N) is 4.